The molecule has 5 rings (SSSR count). The predicted molar refractivity (Wildman–Crippen MR) is 119 cm³/mol. The third-order valence-corrected chi connectivity index (χ3v) is 6.18. The van der Waals surface area contributed by atoms with Gasteiger partial charge in [0.1, 0.15) is 5.76 Å². The van der Waals surface area contributed by atoms with Gasteiger partial charge < -0.3 is 19.4 Å². The zero-order chi connectivity index (χ0) is 21.9. The molecule has 6 heteroatoms. The monoisotopic (exact) mass is 430 g/mol. The smallest absolute Gasteiger partial charge is 0.287 e. The van der Waals surface area contributed by atoms with E-state index in [1.165, 1.54) is 0 Å². The number of fused-ring (bicyclic) bond motifs is 1. The quantitative estimate of drug-likeness (QED) is 0.642. The molecule has 1 N–H and O–H groups in total. The van der Waals surface area contributed by atoms with Crippen LogP contribution in [0.25, 0.3) is 0 Å². The molecule has 2 atom stereocenters. The van der Waals surface area contributed by atoms with Gasteiger partial charge in [0, 0.05) is 31.8 Å². The number of furan rings is 1. The van der Waals surface area contributed by atoms with Crippen LogP contribution in [-0.4, -0.2) is 42.5 Å². The van der Waals surface area contributed by atoms with Gasteiger partial charge in [-0.15, -0.1) is 0 Å². The molecule has 0 spiro atoms. The Morgan fingerprint density at radius 2 is 1.84 bits per heavy atom. The van der Waals surface area contributed by atoms with E-state index in [2.05, 4.69) is 5.32 Å². The summed E-state index contributed by atoms with van der Waals surface area (Å²) < 4.78 is 11.6. The average molecular weight is 431 g/mol. The number of nitrogens with zero attached hydrogens (tertiary/aromatic N) is 1. The van der Waals surface area contributed by atoms with E-state index in [0.29, 0.717) is 31.0 Å². The van der Waals surface area contributed by atoms with Gasteiger partial charge in [0.15, 0.2) is 5.76 Å². The first kappa shape index (κ1) is 20.5. The summed E-state index contributed by atoms with van der Waals surface area (Å²) >= 11 is 0. The number of hydrogen-bond donors (Lipinski definition) is 1. The molecule has 2 aliphatic heterocycles. The maximum atomic E-state index is 13.1. The lowest BCUT2D eigenvalue weighted by Crippen LogP contribution is -2.39. The molecule has 6 nitrogen and oxygen atoms in total. The lowest BCUT2D eigenvalue weighted by Gasteiger charge is -2.33. The van der Waals surface area contributed by atoms with Gasteiger partial charge in [-0.05, 0) is 42.2 Å². The summed E-state index contributed by atoms with van der Waals surface area (Å²) in [5, 5.41) is 2.90. The second-order valence-corrected chi connectivity index (χ2v) is 8.36. The summed E-state index contributed by atoms with van der Waals surface area (Å²) in [7, 11) is 0. The van der Waals surface area contributed by atoms with Gasteiger partial charge in [-0.2, -0.15) is 0 Å². The van der Waals surface area contributed by atoms with Crippen LogP contribution in [0.15, 0.2) is 71.1 Å². The molecule has 1 saturated heterocycles. The molecule has 32 heavy (non-hydrogen) atoms. The van der Waals surface area contributed by atoms with Crippen molar-refractivity contribution in [1.29, 1.82) is 0 Å². The van der Waals surface area contributed by atoms with Crippen molar-refractivity contribution < 1.29 is 18.7 Å². The van der Waals surface area contributed by atoms with Crippen molar-refractivity contribution in [2.45, 2.75) is 31.4 Å². The normalized spacial score (nSPS) is 20.2. The predicted octanol–water partition coefficient (Wildman–Crippen LogP) is 3.98. The third kappa shape index (κ3) is 4.18. The van der Waals surface area contributed by atoms with Gasteiger partial charge in [-0.25, -0.2) is 0 Å². The van der Waals surface area contributed by atoms with Gasteiger partial charge in [-0.3, -0.25) is 9.59 Å². The minimum absolute atomic E-state index is 0.0155. The number of nitrogens with one attached hydrogen (secondary N) is 1. The summed E-state index contributed by atoms with van der Waals surface area (Å²) in [6.45, 7) is 2.26. The Morgan fingerprint density at radius 1 is 1.03 bits per heavy atom. The lowest BCUT2D eigenvalue weighted by molar-refractivity contribution is 0.0709. The van der Waals surface area contributed by atoms with E-state index in [1.807, 2.05) is 65.6 Å². The van der Waals surface area contributed by atoms with Gasteiger partial charge in [-0.1, -0.05) is 48.5 Å². The number of carbonyl (C=O) groups excluding carboxylic acids is 2. The maximum absolute atomic E-state index is 13.1. The van der Waals surface area contributed by atoms with E-state index in [-0.39, 0.29) is 29.6 Å². The van der Waals surface area contributed by atoms with Crippen molar-refractivity contribution in [3.8, 4) is 0 Å². The Bertz CT molecular complexity index is 1100. The Morgan fingerprint density at radius 3 is 2.66 bits per heavy atom. The van der Waals surface area contributed by atoms with Crippen LogP contribution in [-0.2, 0) is 11.3 Å². The van der Waals surface area contributed by atoms with Gasteiger partial charge in [0.25, 0.3) is 11.8 Å². The van der Waals surface area contributed by atoms with E-state index in [0.717, 1.165) is 30.6 Å². The van der Waals surface area contributed by atoms with Crippen molar-refractivity contribution in [1.82, 2.24) is 10.2 Å². The standard InChI is InChI=1S/C26H26N2O4/c29-25(27-15-19-9-6-14-31-19)24-13-12-23(32-24)22-17-28(16-18-7-2-1-3-8-18)26(30)21-11-5-4-10-20(21)22/h1-5,7-8,10-13,19,22H,6,9,14-17H2,(H,27,29). The first-order valence-electron chi connectivity index (χ1n) is 11.1. The van der Waals surface area contributed by atoms with Crippen LogP contribution in [0.3, 0.4) is 0 Å². The number of hydrogen-bond acceptors (Lipinski definition) is 4. The Balaban J connectivity index is 1.36. The van der Waals surface area contributed by atoms with Crippen LogP contribution in [0.5, 0.6) is 0 Å². The molecule has 0 radical (unpaired) electrons. The highest BCUT2D eigenvalue weighted by atomic mass is 16.5. The molecular formula is C26H26N2O4. The van der Waals surface area contributed by atoms with Crippen LogP contribution >= 0.6 is 0 Å². The molecule has 2 aliphatic rings. The SMILES string of the molecule is O=C(NCC1CCCO1)c1ccc(C2CN(Cc3ccccc3)C(=O)c3ccccc32)o1. The fourth-order valence-corrected chi connectivity index (χ4v) is 4.51. The van der Waals surface area contributed by atoms with Crippen LogP contribution in [0.1, 0.15) is 56.6 Å². The van der Waals surface area contributed by atoms with Crippen molar-refractivity contribution in [3.05, 3.63) is 94.9 Å². The van der Waals surface area contributed by atoms with E-state index in [9.17, 15) is 9.59 Å². The number of rotatable bonds is 6. The van der Waals surface area contributed by atoms with Gasteiger partial charge in [0.05, 0.1) is 12.0 Å². The van der Waals surface area contributed by atoms with E-state index >= 15 is 0 Å². The number of amides is 2. The number of benzene rings is 2. The number of ether oxygens (including phenoxy) is 1. The summed E-state index contributed by atoms with van der Waals surface area (Å²) in [4.78, 5) is 27.6. The van der Waals surface area contributed by atoms with Crippen molar-refractivity contribution >= 4 is 11.8 Å². The molecule has 0 aliphatic carbocycles. The fourth-order valence-electron chi connectivity index (χ4n) is 4.51. The summed E-state index contributed by atoms with van der Waals surface area (Å²) in [6, 6.07) is 21.2. The lowest BCUT2D eigenvalue weighted by atomic mass is 9.87. The fraction of sp³-hybridized carbons (Fsp3) is 0.308. The van der Waals surface area contributed by atoms with E-state index in [4.69, 9.17) is 9.15 Å². The zero-order valence-electron chi connectivity index (χ0n) is 17.8. The highest BCUT2D eigenvalue weighted by molar-refractivity contribution is 5.97. The van der Waals surface area contributed by atoms with Crippen molar-refractivity contribution in [3.63, 3.8) is 0 Å². The Kier molecular flexibility index (Phi) is 5.77. The van der Waals surface area contributed by atoms with Gasteiger partial charge >= 0.3 is 0 Å². The molecular weight excluding hydrogens is 404 g/mol. The van der Waals surface area contributed by atoms with E-state index < -0.39 is 0 Å². The topological polar surface area (TPSA) is 71.8 Å². The first-order chi connectivity index (χ1) is 15.7. The molecule has 2 aromatic carbocycles. The second-order valence-electron chi connectivity index (χ2n) is 8.36. The second kappa shape index (κ2) is 9.01. The first-order valence-corrected chi connectivity index (χ1v) is 11.1. The number of carbonyl (C=O) groups is 2. The van der Waals surface area contributed by atoms with Gasteiger partial charge in [0.2, 0.25) is 0 Å². The third-order valence-electron chi connectivity index (χ3n) is 6.18. The highest BCUT2D eigenvalue weighted by Gasteiger charge is 2.34. The largest absolute Gasteiger partial charge is 0.455 e. The van der Waals surface area contributed by atoms with Crippen LogP contribution in [0, 0.1) is 0 Å². The minimum Gasteiger partial charge on any atom is -0.455 e. The maximum Gasteiger partial charge on any atom is 0.287 e. The molecule has 1 fully saturated rings. The summed E-state index contributed by atoms with van der Waals surface area (Å²) in [5.41, 5.74) is 2.69. The molecule has 3 heterocycles. The average Bonchev–Trinajstić information content (AvgIpc) is 3.53. The Labute approximate surface area is 187 Å². The highest BCUT2D eigenvalue weighted by Crippen LogP contribution is 2.35. The van der Waals surface area contributed by atoms with Crippen LogP contribution in [0.4, 0.5) is 0 Å². The molecule has 2 amide bonds. The van der Waals surface area contributed by atoms with Crippen molar-refractivity contribution in [2.24, 2.45) is 0 Å². The van der Waals surface area contributed by atoms with Crippen molar-refractivity contribution in [2.75, 3.05) is 19.7 Å². The summed E-state index contributed by atoms with van der Waals surface area (Å²) in [6.07, 6.45) is 2.08. The molecule has 164 valence electrons. The molecule has 2 unspecified atom stereocenters. The van der Waals surface area contributed by atoms with E-state index in [1.54, 1.807) is 6.07 Å². The molecule has 0 saturated carbocycles. The molecule has 0 bridgehead atoms. The Hall–Kier alpha value is -3.38. The summed E-state index contributed by atoms with van der Waals surface area (Å²) in [5.74, 6) is 0.606. The van der Waals surface area contributed by atoms with Crippen LogP contribution < -0.4 is 5.32 Å². The molecule has 3 aromatic rings. The minimum atomic E-state index is -0.243. The molecule has 1 aromatic heterocycles. The zero-order valence-corrected chi connectivity index (χ0v) is 17.8. The van der Waals surface area contributed by atoms with Crippen LogP contribution in [0.2, 0.25) is 0 Å².